The molecule has 2 aromatic rings. The topological polar surface area (TPSA) is 32.3 Å². The number of benzene rings is 2. The van der Waals surface area contributed by atoms with Crippen LogP contribution in [0.4, 0.5) is 0 Å². The van der Waals surface area contributed by atoms with E-state index in [1.165, 1.54) is 5.56 Å². The number of aryl methyl sites for hydroxylation is 1. The molecule has 1 N–H and O–H groups in total. The van der Waals surface area contributed by atoms with Gasteiger partial charge in [0.1, 0.15) is 0 Å². The van der Waals surface area contributed by atoms with E-state index in [0.29, 0.717) is 12.1 Å². The summed E-state index contributed by atoms with van der Waals surface area (Å²) in [4.78, 5) is 14.2. The molecule has 0 aromatic heterocycles. The van der Waals surface area contributed by atoms with Gasteiger partial charge in [0.2, 0.25) is 0 Å². The maximum Gasteiger partial charge on any atom is 0.251 e. The fourth-order valence-corrected chi connectivity index (χ4v) is 2.08. The Morgan fingerprint density at radius 3 is 2.43 bits per heavy atom. The second kappa shape index (κ2) is 7.04. The molecule has 0 aliphatic rings. The fourth-order valence-electron chi connectivity index (χ4n) is 2.08. The summed E-state index contributed by atoms with van der Waals surface area (Å²) in [5.74, 6) is -0.0224. The van der Waals surface area contributed by atoms with Crippen LogP contribution in [0.5, 0.6) is 0 Å². The third kappa shape index (κ3) is 4.43. The number of nitrogens with one attached hydrogen (secondary N) is 1. The average Bonchev–Trinajstić information content (AvgIpc) is 2.47. The minimum Gasteiger partial charge on any atom is -0.351 e. The molecule has 2 aromatic carbocycles. The van der Waals surface area contributed by atoms with Gasteiger partial charge >= 0.3 is 0 Å². The summed E-state index contributed by atoms with van der Waals surface area (Å²) >= 11 is 0. The van der Waals surface area contributed by atoms with Crippen molar-refractivity contribution in [1.82, 2.24) is 10.2 Å². The molecule has 2 rings (SSSR count). The molecule has 0 aliphatic heterocycles. The lowest BCUT2D eigenvalue weighted by Gasteiger charge is -2.11. The Hall–Kier alpha value is -2.13. The summed E-state index contributed by atoms with van der Waals surface area (Å²) in [6.45, 7) is 3.56. The maximum absolute atomic E-state index is 12.1. The van der Waals surface area contributed by atoms with Gasteiger partial charge in [-0.25, -0.2) is 0 Å². The fraction of sp³-hybridized carbons (Fsp3) is 0.278. The molecule has 0 unspecified atom stereocenters. The standard InChI is InChI=1S/C18H22N2O/c1-14-7-9-15(10-8-14)16-5-4-6-17(13-16)18(21)19-11-12-20(2)3/h4-10,13H,11-12H2,1-3H3,(H,19,21). The summed E-state index contributed by atoms with van der Waals surface area (Å²) in [6.07, 6.45) is 0. The normalized spacial score (nSPS) is 10.7. The monoisotopic (exact) mass is 282 g/mol. The van der Waals surface area contributed by atoms with Crippen molar-refractivity contribution in [3.8, 4) is 11.1 Å². The molecular formula is C18H22N2O. The molecule has 0 spiro atoms. The smallest absolute Gasteiger partial charge is 0.251 e. The lowest BCUT2D eigenvalue weighted by molar-refractivity contribution is 0.0951. The molecule has 3 heteroatoms. The minimum atomic E-state index is -0.0224. The van der Waals surface area contributed by atoms with Crippen LogP contribution in [0.25, 0.3) is 11.1 Å². The number of carbonyl (C=O) groups excluding carboxylic acids is 1. The first-order valence-electron chi connectivity index (χ1n) is 7.16. The molecule has 0 saturated heterocycles. The first kappa shape index (κ1) is 15.3. The van der Waals surface area contributed by atoms with E-state index in [1.807, 2.05) is 43.3 Å². The zero-order valence-electron chi connectivity index (χ0n) is 12.9. The molecular weight excluding hydrogens is 260 g/mol. The quantitative estimate of drug-likeness (QED) is 0.914. The van der Waals surface area contributed by atoms with Crippen LogP contribution in [0.15, 0.2) is 48.5 Å². The third-order valence-electron chi connectivity index (χ3n) is 3.35. The highest BCUT2D eigenvalue weighted by atomic mass is 16.1. The van der Waals surface area contributed by atoms with E-state index in [1.54, 1.807) is 0 Å². The molecule has 0 aliphatic carbocycles. The summed E-state index contributed by atoms with van der Waals surface area (Å²) in [5, 5.41) is 2.94. The molecule has 21 heavy (non-hydrogen) atoms. The Morgan fingerprint density at radius 2 is 1.76 bits per heavy atom. The van der Waals surface area contributed by atoms with E-state index < -0.39 is 0 Å². The Balaban J connectivity index is 2.10. The predicted octanol–water partition coefficient (Wildman–Crippen LogP) is 2.95. The van der Waals surface area contributed by atoms with Crippen molar-refractivity contribution in [2.75, 3.05) is 27.2 Å². The number of nitrogens with zero attached hydrogens (tertiary/aromatic N) is 1. The van der Waals surface area contributed by atoms with Crippen LogP contribution in [0.2, 0.25) is 0 Å². The maximum atomic E-state index is 12.1. The molecule has 110 valence electrons. The van der Waals surface area contributed by atoms with Crippen molar-refractivity contribution in [2.45, 2.75) is 6.92 Å². The van der Waals surface area contributed by atoms with Crippen molar-refractivity contribution in [2.24, 2.45) is 0 Å². The first-order valence-corrected chi connectivity index (χ1v) is 7.16. The van der Waals surface area contributed by atoms with E-state index >= 15 is 0 Å². The van der Waals surface area contributed by atoms with Crippen LogP contribution in [0, 0.1) is 6.92 Å². The molecule has 0 saturated carbocycles. The number of amides is 1. The second-order valence-corrected chi connectivity index (χ2v) is 5.51. The molecule has 3 nitrogen and oxygen atoms in total. The minimum absolute atomic E-state index is 0.0224. The van der Waals surface area contributed by atoms with Gasteiger partial charge in [-0.1, -0.05) is 42.0 Å². The van der Waals surface area contributed by atoms with Gasteiger partial charge in [0, 0.05) is 18.7 Å². The predicted molar refractivity (Wildman–Crippen MR) is 87.5 cm³/mol. The van der Waals surface area contributed by atoms with Crippen LogP contribution in [-0.2, 0) is 0 Å². The van der Waals surface area contributed by atoms with Gasteiger partial charge in [-0.2, -0.15) is 0 Å². The zero-order chi connectivity index (χ0) is 15.2. The van der Waals surface area contributed by atoms with E-state index in [2.05, 4.69) is 36.5 Å². The molecule has 1 amide bonds. The second-order valence-electron chi connectivity index (χ2n) is 5.51. The Kier molecular flexibility index (Phi) is 5.12. The summed E-state index contributed by atoms with van der Waals surface area (Å²) in [5.41, 5.74) is 4.13. The summed E-state index contributed by atoms with van der Waals surface area (Å²) in [7, 11) is 3.98. The Bertz CT molecular complexity index is 603. The molecule has 0 atom stereocenters. The van der Waals surface area contributed by atoms with Crippen molar-refractivity contribution < 1.29 is 4.79 Å². The Labute approximate surface area is 126 Å². The van der Waals surface area contributed by atoms with Crippen LogP contribution >= 0.6 is 0 Å². The van der Waals surface area contributed by atoms with Crippen molar-refractivity contribution in [1.29, 1.82) is 0 Å². The molecule has 0 heterocycles. The van der Waals surface area contributed by atoms with Crippen molar-refractivity contribution in [3.05, 3.63) is 59.7 Å². The Morgan fingerprint density at radius 1 is 1.05 bits per heavy atom. The largest absolute Gasteiger partial charge is 0.351 e. The molecule has 0 radical (unpaired) electrons. The van der Waals surface area contributed by atoms with E-state index in [-0.39, 0.29) is 5.91 Å². The van der Waals surface area contributed by atoms with Gasteiger partial charge in [-0.05, 0) is 44.3 Å². The number of likely N-dealkylation sites (N-methyl/N-ethyl adjacent to an activating group) is 1. The van der Waals surface area contributed by atoms with Crippen LogP contribution < -0.4 is 5.32 Å². The van der Waals surface area contributed by atoms with E-state index in [9.17, 15) is 4.79 Å². The van der Waals surface area contributed by atoms with Crippen LogP contribution in [-0.4, -0.2) is 38.0 Å². The van der Waals surface area contributed by atoms with Crippen molar-refractivity contribution in [3.63, 3.8) is 0 Å². The van der Waals surface area contributed by atoms with Gasteiger partial charge in [0.25, 0.3) is 5.91 Å². The van der Waals surface area contributed by atoms with Crippen LogP contribution in [0.1, 0.15) is 15.9 Å². The molecule has 0 fully saturated rings. The van der Waals surface area contributed by atoms with Gasteiger partial charge in [0.05, 0.1) is 0 Å². The summed E-state index contributed by atoms with van der Waals surface area (Å²) in [6, 6.07) is 16.1. The number of hydrogen-bond donors (Lipinski definition) is 1. The lowest BCUT2D eigenvalue weighted by Crippen LogP contribution is -2.31. The van der Waals surface area contributed by atoms with Gasteiger partial charge < -0.3 is 10.2 Å². The number of carbonyl (C=O) groups is 1. The van der Waals surface area contributed by atoms with Gasteiger partial charge in [-0.15, -0.1) is 0 Å². The highest BCUT2D eigenvalue weighted by Crippen LogP contribution is 2.20. The summed E-state index contributed by atoms with van der Waals surface area (Å²) < 4.78 is 0. The van der Waals surface area contributed by atoms with E-state index in [0.717, 1.165) is 17.7 Å². The number of hydrogen-bond acceptors (Lipinski definition) is 2. The van der Waals surface area contributed by atoms with Crippen LogP contribution in [0.3, 0.4) is 0 Å². The number of rotatable bonds is 5. The highest BCUT2D eigenvalue weighted by molar-refractivity contribution is 5.95. The SMILES string of the molecule is Cc1ccc(-c2cccc(C(=O)NCCN(C)C)c2)cc1. The zero-order valence-corrected chi connectivity index (χ0v) is 12.9. The third-order valence-corrected chi connectivity index (χ3v) is 3.35. The van der Waals surface area contributed by atoms with Gasteiger partial charge in [-0.3, -0.25) is 4.79 Å². The average molecular weight is 282 g/mol. The first-order chi connectivity index (χ1) is 10.1. The molecule has 0 bridgehead atoms. The lowest BCUT2D eigenvalue weighted by atomic mass is 10.0. The van der Waals surface area contributed by atoms with E-state index in [4.69, 9.17) is 0 Å². The highest BCUT2D eigenvalue weighted by Gasteiger charge is 2.06. The van der Waals surface area contributed by atoms with Crippen molar-refractivity contribution >= 4 is 5.91 Å². The van der Waals surface area contributed by atoms with Gasteiger partial charge in [0.15, 0.2) is 0 Å².